The van der Waals surface area contributed by atoms with E-state index in [4.69, 9.17) is 0 Å². The van der Waals surface area contributed by atoms with E-state index in [1.165, 1.54) is 5.56 Å². The Balaban J connectivity index is 1.72. The van der Waals surface area contributed by atoms with Gasteiger partial charge < -0.3 is 15.5 Å². The molecule has 5 nitrogen and oxygen atoms in total. The molecule has 1 fully saturated rings. The lowest BCUT2D eigenvalue weighted by Crippen LogP contribution is -2.47. The Kier molecular flexibility index (Phi) is 4.96. The van der Waals surface area contributed by atoms with Crippen molar-refractivity contribution in [2.24, 2.45) is 0 Å². The van der Waals surface area contributed by atoms with Gasteiger partial charge >= 0.3 is 0 Å². The molecule has 5 heteroatoms. The molecule has 0 aliphatic carbocycles. The summed E-state index contributed by atoms with van der Waals surface area (Å²) < 4.78 is 0. The lowest BCUT2D eigenvalue weighted by molar-refractivity contribution is -0.133. The first-order valence-corrected chi connectivity index (χ1v) is 8.50. The fourth-order valence-electron chi connectivity index (χ4n) is 3.69. The molecule has 124 valence electrons. The Hall–Kier alpha value is -1.88. The van der Waals surface area contributed by atoms with Gasteiger partial charge in [0.25, 0.3) is 0 Å². The highest BCUT2D eigenvalue weighted by Crippen LogP contribution is 2.32. The average Bonchev–Trinajstić information content (AvgIpc) is 2.55. The normalized spacial score (nSPS) is 24.0. The molecular formula is C18H25N3O2. The van der Waals surface area contributed by atoms with E-state index >= 15 is 0 Å². The topological polar surface area (TPSA) is 61.4 Å². The third-order valence-corrected chi connectivity index (χ3v) is 4.86. The zero-order valence-corrected chi connectivity index (χ0v) is 13.7. The summed E-state index contributed by atoms with van der Waals surface area (Å²) in [4.78, 5) is 26.3. The van der Waals surface area contributed by atoms with Gasteiger partial charge in [0, 0.05) is 26.1 Å². The summed E-state index contributed by atoms with van der Waals surface area (Å²) in [5.74, 6) is 0.0725. The summed E-state index contributed by atoms with van der Waals surface area (Å²) in [5, 5.41) is 6.42. The standard InChI is InChI=1S/C18H25N3O2/c1-13(22)21-10-8-14-5-2-3-7-16(14)17(21)11-18(23)20-15-6-4-9-19-12-15/h2-3,5,7,15,17,19H,4,6,8-12H2,1H3,(H,20,23)/t15-,17?/m0/s1. The summed E-state index contributed by atoms with van der Waals surface area (Å²) in [7, 11) is 0. The molecule has 0 aromatic heterocycles. The molecule has 2 N–H and O–H groups in total. The fourth-order valence-corrected chi connectivity index (χ4v) is 3.69. The number of carbonyl (C=O) groups is 2. The minimum atomic E-state index is -0.144. The van der Waals surface area contributed by atoms with Crippen molar-refractivity contribution in [3.05, 3.63) is 35.4 Å². The summed E-state index contributed by atoms with van der Waals surface area (Å²) in [6, 6.07) is 8.22. The van der Waals surface area contributed by atoms with E-state index in [0.717, 1.165) is 37.9 Å². The van der Waals surface area contributed by atoms with Crippen molar-refractivity contribution < 1.29 is 9.59 Å². The smallest absolute Gasteiger partial charge is 0.222 e. The second-order valence-corrected chi connectivity index (χ2v) is 6.49. The van der Waals surface area contributed by atoms with Crippen molar-refractivity contribution in [2.45, 2.75) is 44.7 Å². The van der Waals surface area contributed by atoms with Crippen LogP contribution in [0.2, 0.25) is 0 Å². The third-order valence-electron chi connectivity index (χ3n) is 4.86. The summed E-state index contributed by atoms with van der Waals surface area (Å²) in [5.41, 5.74) is 2.37. The number of hydrogen-bond acceptors (Lipinski definition) is 3. The highest BCUT2D eigenvalue weighted by atomic mass is 16.2. The van der Waals surface area contributed by atoms with Crippen LogP contribution in [0.5, 0.6) is 0 Å². The fraction of sp³-hybridized carbons (Fsp3) is 0.556. The van der Waals surface area contributed by atoms with E-state index in [1.54, 1.807) is 6.92 Å². The number of benzene rings is 1. The summed E-state index contributed by atoms with van der Waals surface area (Å²) >= 11 is 0. The monoisotopic (exact) mass is 315 g/mol. The quantitative estimate of drug-likeness (QED) is 0.886. The van der Waals surface area contributed by atoms with Gasteiger partial charge in [-0.05, 0) is 36.9 Å². The maximum atomic E-state index is 12.5. The zero-order valence-electron chi connectivity index (χ0n) is 13.7. The Bertz CT molecular complexity index is 581. The van der Waals surface area contributed by atoms with Gasteiger partial charge in [0.1, 0.15) is 0 Å². The van der Waals surface area contributed by atoms with Crippen LogP contribution in [0.25, 0.3) is 0 Å². The Morgan fingerprint density at radius 3 is 2.91 bits per heavy atom. The van der Waals surface area contributed by atoms with E-state index in [1.807, 2.05) is 23.1 Å². The van der Waals surface area contributed by atoms with Crippen molar-refractivity contribution in [1.82, 2.24) is 15.5 Å². The van der Waals surface area contributed by atoms with Crippen LogP contribution in [0.1, 0.15) is 43.4 Å². The maximum Gasteiger partial charge on any atom is 0.222 e. The van der Waals surface area contributed by atoms with Gasteiger partial charge in [-0.25, -0.2) is 0 Å². The molecule has 2 amide bonds. The van der Waals surface area contributed by atoms with Gasteiger partial charge in [-0.1, -0.05) is 24.3 Å². The van der Waals surface area contributed by atoms with Crippen LogP contribution in [0, 0.1) is 0 Å². The first kappa shape index (κ1) is 16.0. The number of fused-ring (bicyclic) bond motifs is 1. The predicted octanol–water partition coefficient (Wildman–Crippen LogP) is 1.39. The molecule has 0 radical (unpaired) electrons. The van der Waals surface area contributed by atoms with Crippen molar-refractivity contribution in [3.8, 4) is 0 Å². The SMILES string of the molecule is CC(=O)N1CCc2ccccc2C1CC(=O)N[C@H]1CCCNC1. The largest absolute Gasteiger partial charge is 0.352 e. The lowest BCUT2D eigenvalue weighted by atomic mass is 9.90. The van der Waals surface area contributed by atoms with Gasteiger partial charge in [-0.3, -0.25) is 9.59 Å². The minimum absolute atomic E-state index is 0.0339. The van der Waals surface area contributed by atoms with E-state index in [2.05, 4.69) is 16.7 Å². The van der Waals surface area contributed by atoms with Crippen LogP contribution in [0.4, 0.5) is 0 Å². The second-order valence-electron chi connectivity index (χ2n) is 6.49. The van der Waals surface area contributed by atoms with Crippen LogP contribution in [-0.2, 0) is 16.0 Å². The molecule has 1 unspecified atom stereocenters. The first-order valence-electron chi connectivity index (χ1n) is 8.50. The average molecular weight is 315 g/mol. The van der Waals surface area contributed by atoms with Crippen molar-refractivity contribution in [3.63, 3.8) is 0 Å². The van der Waals surface area contributed by atoms with E-state index < -0.39 is 0 Å². The van der Waals surface area contributed by atoms with Crippen LogP contribution >= 0.6 is 0 Å². The van der Waals surface area contributed by atoms with E-state index in [0.29, 0.717) is 13.0 Å². The van der Waals surface area contributed by atoms with E-state index in [-0.39, 0.29) is 23.9 Å². The first-order chi connectivity index (χ1) is 11.1. The van der Waals surface area contributed by atoms with Gasteiger partial charge in [-0.15, -0.1) is 0 Å². The highest BCUT2D eigenvalue weighted by Gasteiger charge is 2.31. The summed E-state index contributed by atoms with van der Waals surface area (Å²) in [6.45, 7) is 4.14. The molecule has 3 rings (SSSR count). The molecule has 0 saturated carbocycles. The highest BCUT2D eigenvalue weighted by molar-refractivity contribution is 5.80. The number of nitrogens with zero attached hydrogens (tertiary/aromatic N) is 1. The molecule has 2 atom stereocenters. The molecule has 0 bridgehead atoms. The van der Waals surface area contributed by atoms with Crippen molar-refractivity contribution in [2.75, 3.05) is 19.6 Å². The van der Waals surface area contributed by atoms with Crippen LogP contribution < -0.4 is 10.6 Å². The number of carbonyl (C=O) groups excluding carboxylic acids is 2. The number of rotatable bonds is 3. The molecule has 23 heavy (non-hydrogen) atoms. The maximum absolute atomic E-state index is 12.5. The van der Waals surface area contributed by atoms with Crippen LogP contribution in [-0.4, -0.2) is 42.4 Å². The van der Waals surface area contributed by atoms with Crippen molar-refractivity contribution in [1.29, 1.82) is 0 Å². The Morgan fingerprint density at radius 1 is 1.35 bits per heavy atom. The third kappa shape index (κ3) is 3.72. The molecule has 1 aromatic rings. The molecular weight excluding hydrogens is 290 g/mol. The molecule has 0 spiro atoms. The number of nitrogens with one attached hydrogen (secondary N) is 2. The van der Waals surface area contributed by atoms with Gasteiger partial charge in [0.15, 0.2) is 0 Å². The van der Waals surface area contributed by atoms with E-state index in [9.17, 15) is 9.59 Å². The minimum Gasteiger partial charge on any atom is -0.352 e. The van der Waals surface area contributed by atoms with Gasteiger partial charge in [0.05, 0.1) is 12.5 Å². The Labute approximate surface area is 137 Å². The van der Waals surface area contributed by atoms with Gasteiger partial charge in [-0.2, -0.15) is 0 Å². The van der Waals surface area contributed by atoms with Gasteiger partial charge in [0.2, 0.25) is 11.8 Å². The predicted molar refractivity (Wildman–Crippen MR) is 88.9 cm³/mol. The Morgan fingerprint density at radius 2 is 2.17 bits per heavy atom. The van der Waals surface area contributed by atoms with Crippen molar-refractivity contribution >= 4 is 11.8 Å². The summed E-state index contributed by atoms with van der Waals surface area (Å²) in [6.07, 6.45) is 3.32. The molecule has 2 aliphatic heterocycles. The molecule has 1 saturated heterocycles. The number of hydrogen-bond donors (Lipinski definition) is 2. The van der Waals surface area contributed by atoms with Crippen LogP contribution in [0.3, 0.4) is 0 Å². The zero-order chi connectivity index (χ0) is 16.2. The van der Waals surface area contributed by atoms with Crippen LogP contribution in [0.15, 0.2) is 24.3 Å². The molecule has 2 heterocycles. The second kappa shape index (κ2) is 7.13. The lowest BCUT2D eigenvalue weighted by Gasteiger charge is -2.37. The molecule has 1 aromatic carbocycles. The number of amides is 2. The number of piperidine rings is 1. The molecule has 2 aliphatic rings.